The van der Waals surface area contributed by atoms with Crippen LogP contribution < -0.4 is 5.32 Å². The van der Waals surface area contributed by atoms with Gasteiger partial charge in [-0.25, -0.2) is 0 Å². The zero-order valence-electron chi connectivity index (χ0n) is 27.1. The largest absolute Gasteiger partial charge is 0.394 e. The Labute approximate surface area is 254 Å². The van der Waals surface area contributed by atoms with Crippen molar-refractivity contribution < 1.29 is 29.6 Å². The van der Waals surface area contributed by atoms with E-state index in [1.807, 2.05) is 0 Å². The van der Waals surface area contributed by atoms with Crippen molar-refractivity contribution in [3.63, 3.8) is 0 Å². The molecular formula is C35H59NO6. The molecule has 1 amide bonds. The van der Waals surface area contributed by atoms with Crippen LogP contribution in [0.4, 0.5) is 0 Å². The van der Waals surface area contributed by atoms with Crippen molar-refractivity contribution in [1.82, 2.24) is 5.32 Å². The smallest absolute Gasteiger partial charge is 0.217 e. The van der Waals surface area contributed by atoms with Gasteiger partial charge in [0.2, 0.25) is 5.91 Å². The summed E-state index contributed by atoms with van der Waals surface area (Å²) in [6.45, 7) is 13.3. The molecule has 0 aromatic heterocycles. The minimum Gasteiger partial charge on any atom is -0.394 e. The van der Waals surface area contributed by atoms with Gasteiger partial charge in [-0.2, -0.15) is 0 Å². The number of allylic oxidation sites excluding steroid dienone is 1. The first-order valence-electron chi connectivity index (χ1n) is 17.1. The van der Waals surface area contributed by atoms with Gasteiger partial charge >= 0.3 is 0 Å². The van der Waals surface area contributed by atoms with Crippen molar-refractivity contribution in [1.29, 1.82) is 0 Å². The number of hydrogen-bond donors (Lipinski definition) is 4. The average molecular weight is 590 g/mol. The van der Waals surface area contributed by atoms with Gasteiger partial charge in [-0.15, -0.1) is 0 Å². The zero-order valence-corrected chi connectivity index (χ0v) is 27.1. The molecule has 4 fully saturated rings. The van der Waals surface area contributed by atoms with Crippen LogP contribution >= 0.6 is 0 Å². The number of ether oxygens (including phenoxy) is 2. The van der Waals surface area contributed by atoms with Crippen LogP contribution in [0, 0.1) is 46.3 Å². The van der Waals surface area contributed by atoms with E-state index in [-0.39, 0.29) is 17.4 Å². The summed E-state index contributed by atoms with van der Waals surface area (Å²) in [5, 5.41) is 33.5. The molecule has 5 rings (SSSR count). The minimum absolute atomic E-state index is 0.0969. The maximum absolute atomic E-state index is 11.9. The molecule has 7 nitrogen and oxygen atoms in total. The van der Waals surface area contributed by atoms with E-state index < -0.39 is 37.3 Å². The molecule has 4 N–H and O–H groups in total. The number of amides is 1. The molecule has 0 radical (unpaired) electrons. The van der Waals surface area contributed by atoms with E-state index in [1.54, 1.807) is 0 Å². The van der Waals surface area contributed by atoms with Crippen LogP contribution in [0.2, 0.25) is 0 Å². The Morgan fingerprint density at radius 1 is 1.07 bits per heavy atom. The summed E-state index contributed by atoms with van der Waals surface area (Å²) in [5.41, 5.74) is 2.18. The average Bonchev–Trinajstić information content (AvgIpc) is 3.29. The van der Waals surface area contributed by atoms with Crippen molar-refractivity contribution in [2.75, 3.05) is 6.61 Å². The molecule has 0 spiro atoms. The second-order valence-corrected chi connectivity index (χ2v) is 15.7. The molecule has 5 aliphatic rings. The van der Waals surface area contributed by atoms with Crippen LogP contribution in [-0.2, 0) is 14.3 Å². The molecule has 1 aliphatic heterocycles. The molecule has 240 valence electrons. The number of fused-ring (bicyclic) bond motifs is 5. The van der Waals surface area contributed by atoms with Crippen LogP contribution in [0.5, 0.6) is 0 Å². The van der Waals surface area contributed by atoms with Gasteiger partial charge in [-0.3, -0.25) is 4.79 Å². The summed E-state index contributed by atoms with van der Waals surface area (Å²) in [7, 11) is 0. The van der Waals surface area contributed by atoms with Gasteiger partial charge in [0.1, 0.15) is 24.4 Å². The minimum atomic E-state index is -1.30. The highest BCUT2D eigenvalue weighted by atomic mass is 16.7. The normalized spacial score (nSPS) is 45.9. The highest BCUT2D eigenvalue weighted by Crippen LogP contribution is 2.67. The Hall–Kier alpha value is -0.990. The Balaban J connectivity index is 1.26. The third-order valence-electron chi connectivity index (χ3n) is 12.8. The van der Waals surface area contributed by atoms with E-state index in [0.717, 1.165) is 54.8 Å². The summed E-state index contributed by atoms with van der Waals surface area (Å²) in [4.78, 5) is 11.9. The first kappa shape index (κ1) is 32.4. The van der Waals surface area contributed by atoms with Crippen molar-refractivity contribution in [3.8, 4) is 0 Å². The molecule has 0 aromatic rings. The van der Waals surface area contributed by atoms with Gasteiger partial charge in [-0.1, -0.05) is 65.5 Å². The molecule has 7 heteroatoms. The third kappa shape index (κ3) is 5.99. The highest BCUT2D eigenvalue weighted by molar-refractivity contribution is 5.73. The van der Waals surface area contributed by atoms with Crippen molar-refractivity contribution in [2.45, 2.75) is 149 Å². The predicted molar refractivity (Wildman–Crippen MR) is 163 cm³/mol. The lowest BCUT2D eigenvalue weighted by atomic mass is 9.47. The number of nitrogens with one attached hydrogen (secondary N) is 1. The van der Waals surface area contributed by atoms with Gasteiger partial charge < -0.3 is 30.1 Å². The molecule has 0 bridgehead atoms. The van der Waals surface area contributed by atoms with Crippen LogP contribution in [0.3, 0.4) is 0 Å². The Bertz CT molecular complexity index is 985. The maximum atomic E-state index is 11.9. The van der Waals surface area contributed by atoms with Gasteiger partial charge in [-0.05, 0) is 97.7 Å². The lowest BCUT2D eigenvalue weighted by Gasteiger charge is -2.58. The topological polar surface area (TPSA) is 108 Å². The van der Waals surface area contributed by atoms with Crippen LogP contribution in [0.1, 0.15) is 112 Å². The first-order chi connectivity index (χ1) is 19.9. The van der Waals surface area contributed by atoms with Crippen molar-refractivity contribution in [3.05, 3.63) is 11.6 Å². The van der Waals surface area contributed by atoms with Gasteiger partial charge in [0.05, 0.1) is 12.7 Å². The monoisotopic (exact) mass is 589 g/mol. The Morgan fingerprint density at radius 2 is 1.83 bits per heavy atom. The van der Waals surface area contributed by atoms with Crippen molar-refractivity contribution in [2.24, 2.45) is 46.3 Å². The molecule has 1 saturated heterocycles. The van der Waals surface area contributed by atoms with E-state index in [2.05, 4.69) is 46.0 Å². The lowest BCUT2D eigenvalue weighted by molar-refractivity contribution is -0.284. The second-order valence-electron chi connectivity index (χ2n) is 15.7. The summed E-state index contributed by atoms with van der Waals surface area (Å²) >= 11 is 0. The number of hydrogen-bond acceptors (Lipinski definition) is 6. The van der Waals surface area contributed by atoms with Gasteiger partial charge in [0, 0.05) is 6.92 Å². The van der Waals surface area contributed by atoms with Crippen LogP contribution in [0.15, 0.2) is 11.6 Å². The fourth-order valence-electron chi connectivity index (χ4n) is 10.5. The fourth-order valence-corrected chi connectivity index (χ4v) is 10.5. The Kier molecular flexibility index (Phi) is 9.86. The maximum Gasteiger partial charge on any atom is 0.217 e. The number of carbonyl (C=O) groups is 1. The zero-order chi connectivity index (χ0) is 30.4. The number of rotatable bonds is 9. The van der Waals surface area contributed by atoms with Crippen LogP contribution in [0.25, 0.3) is 0 Å². The van der Waals surface area contributed by atoms with Gasteiger partial charge in [0.25, 0.3) is 0 Å². The predicted octanol–water partition coefficient (Wildman–Crippen LogP) is 5.36. The highest BCUT2D eigenvalue weighted by Gasteiger charge is 2.59. The molecule has 13 atom stereocenters. The number of aliphatic hydroxyl groups excluding tert-OH is 3. The fraction of sp³-hybridized carbons (Fsp3) is 0.914. The summed E-state index contributed by atoms with van der Waals surface area (Å²) < 4.78 is 12.3. The van der Waals surface area contributed by atoms with E-state index in [1.165, 1.54) is 63.9 Å². The first-order valence-corrected chi connectivity index (χ1v) is 17.1. The summed E-state index contributed by atoms with van der Waals surface area (Å²) in [6.07, 6.45) is 11.5. The SMILES string of the molecule is CC(=O)N[C@H]1[C@H](O[C@@H]2CC[C@@]3(C)C(=CC[C@H]4[C@@H]5CC[C@@H]([C@H](C)CCCC(C)C)[C@@]5(C)CC[C@@H]43)C2)O[C@H](CO)[C@@H](O)[C@@H]1O. The lowest BCUT2D eigenvalue weighted by Crippen LogP contribution is -2.65. The second kappa shape index (κ2) is 12.8. The Morgan fingerprint density at radius 3 is 2.52 bits per heavy atom. The molecule has 0 unspecified atom stereocenters. The molecule has 1 heterocycles. The number of aliphatic hydroxyl groups is 3. The third-order valence-corrected chi connectivity index (χ3v) is 12.8. The summed E-state index contributed by atoms with van der Waals surface area (Å²) in [5.74, 6) is 4.48. The number of carbonyl (C=O) groups excluding carboxylic acids is 1. The molecule has 42 heavy (non-hydrogen) atoms. The van der Waals surface area contributed by atoms with E-state index in [9.17, 15) is 20.1 Å². The molecule has 4 aliphatic carbocycles. The molecule has 3 saturated carbocycles. The molecule has 0 aromatic carbocycles. The van der Waals surface area contributed by atoms with Crippen LogP contribution in [-0.4, -0.2) is 64.6 Å². The van der Waals surface area contributed by atoms with Crippen molar-refractivity contribution >= 4 is 5.91 Å². The summed E-state index contributed by atoms with van der Waals surface area (Å²) in [6, 6.07) is -0.891. The van der Waals surface area contributed by atoms with Gasteiger partial charge in [0.15, 0.2) is 6.29 Å². The quantitative estimate of drug-likeness (QED) is 0.270. The van der Waals surface area contributed by atoms with E-state index in [0.29, 0.717) is 5.41 Å². The van der Waals surface area contributed by atoms with E-state index in [4.69, 9.17) is 9.47 Å². The standard InChI is InChI=1S/C35H59NO6/c1-20(2)8-7-9-21(3)26-12-13-27-25-11-10-23-18-24(14-16-34(23,5)28(25)15-17-35(26,27)6)41-33-30(36-22(4)38)32(40)31(39)29(19-37)42-33/h10,20-21,24-33,37,39-40H,7-9,11-19H2,1-6H3,(H,36,38)/t21-,24-,25+,26+,27+,28+,29-,30-,31-,32-,33-,34+,35-/m1/s1. The molecular weight excluding hydrogens is 530 g/mol. The van der Waals surface area contributed by atoms with E-state index >= 15 is 0 Å².